The molecule has 0 radical (unpaired) electrons. The number of likely N-dealkylation sites (tertiary alicyclic amines) is 1. The Balaban J connectivity index is 1.45. The molecule has 4 nitrogen and oxygen atoms in total. The van der Waals surface area contributed by atoms with Crippen molar-refractivity contribution in [1.82, 2.24) is 14.9 Å². The maximum atomic E-state index is 4.29. The van der Waals surface area contributed by atoms with Gasteiger partial charge in [0.1, 0.15) is 5.82 Å². The minimum absolute atomic E-state index is 0.702. The van der Waals surface area contributed by atoms with Crippen molar-refractivity contribution in [1.29, 1.82) is 0 Å². The second-order valence-corrected chi connectivity index (χ2v) is 5.35. The Morgan fingerprint density at radius 1 is 1.20 bits per heavy atom. The van der Waals surface area contributed by atoms with Crippen LogP contribution in [0.1, 0.15) is 12.0 Å². The first-order chi connectivity index (χ1) is 9.90. The van der Waals surface area contributed by atoms with Crippen molar-refractivity contribution in [2.75, 3.05) is 25.0 Å². The third-order valence-electron chi connectivity index (χ3n) is 3.74. The lowest BCUT2D eigenvalue weighted by molar-refractivity contribution is 0.318. The summed E-state index contributed by atoms with van der Waals surface area (Å²) in [5, 5.41) is 3.42. The molecule has 1 saturated heterocycles. The molecule has 1 fully saturated rings. The molecule has 3 rings (SSSR count). The van der Waals surface area contributed by atoms with Gasteiger partial charge < -0.3 is 5.32 Å². The van der Waals surface area contributed by atoms with Gasteiger partial charge in [-0.2, -0.15) is 0 Å². The van der Waals surface area contributed by atoms with Gasteiger partial charge in [-0.15, -0.1) is 0 Å². The van der Waals surface area contributed by atoms with E-state index in [0.29, 0.717) is 5.92 Å². The molecule has 0 spiro atoms. The standard InChI is InChI=1S/C16H20N4/c1-2-8-18-16(5-1)19-11-15-6-9-20(13-15)12-14-4-3-7-17-10-14/h1-5,7-8,10,15H,6,9,11-13H2,(H,18,19). The molecule has 0 aromatic carbocycles. The lowest BCUT2D eigenvalue weighted by Gasteiger charge is -2.16. The molecule has 0 saturated carbocycles. The summed E-state index contributed by atoms with van der Waals surface area (Å²) in [7, 11) is 0. The maximum absolute atomic E-state index is 4.29. The highest BCUT2D eigenvalue weighted by Crippen LogP contribution is 2.18. The predicted octanol–water partition coefficient (Wildman–Crippen LogP) is 2.41. The van der Waals surface area contributed by atoms with Crippen molar-refractivity contribution in [2.45, 2.75) is 13.0 Å². The summed E-state index contributed by atoms with van der Waals surface area (Å²) in [6, 6.07) is 10.1. The molecule has 4 heteroatoms. The van der Waals surface area contributed by atoms with E-state index in [-0.39, 0.29) is 0 Å². The zero-order valence-corrected chi connectivity index (χ0v) is 11.6. The van der Waals surface area contributed by atoms with Gasteiger partial charge in [-0.3, -0.25) is 9.88 Å². The van der Waals surface area contributed by atoms with Crippen LogP contribution in [-0.4, -0.2) is 34.5 Å². The van der Waals surface area contributed by atoms with E-state index >= 15 is 0 Å². The Labute approximate surface area is 119 Å². The fourth-order valence-corrected chi connectivity index (χ4v) is 2.69. The maximum Gasteiger partial charge on any atom is 0.125 e. The van der Waals surface area contributed by atoms with Crippen LogP contribution in [0.4, 0.5) is 5.82 Å². The molecule has 0 bridgehead atoms. The number of hydrogen-bond acceptors (Lipinski definition) is 4. The number of nitrogens with one attached hydrogen (secondary N) is 1. The number of pyridine rings is 2. The molecular weight excluding hydrogens is 248 g/mol. The summed E-state index contributed by atoms with van der Waals surface area (Å²) >= 11 is 0. The van der Waals surface area contributed by atoms with E-state index in [1.165, 1.54) is 18.5 Å². The first kappa shape index (κ1) is 13.1. The van der Waals surface area contributed by atoms with Crippen LogP contribution in [0.15, 0.2) is 48.9 Å². The van der Waals surface area contributed by atoms with E-state index < -0.39 is 0 Å². The zero-order valence-electron chi connectivity index (χ0n) is 11.6. The smallest absolute Gasteiger partial charge is 0.125 e. The lowest BCUT2D eigenvalue weighted by atomic mass is 10.1. The molecule has 104 valence electrons. The summed E-state index contributed by atoms with van der Waals surface area (Å²) in [5.41, 5.74) is 1.30. The number of nitrogens with zero attached hydrogens (tertiary/aromatic N) is 3. The minimum atomic E-state index is 0.702. The summed E-state index contributed by atoms with van der Waals surface area (Å²) < 4.78 is 0. The van der Waals surface area contributed by atoms with Crippen LogP contribution in [0.2, 0.25) is 0 Å². The Morgan fingerprint density at radius 2 is 2.20 bits per heavy atom. The van der Waals surface area contributed by atoms with Crippen LogP contribution >= 0.6 is 0 Å². The number of hydrogen-bond donors (Lipinski definition) is 1. The normalized spacial score (nSPS) is 19.1. The van der Waals surface area contributed by atoms with Gasteiger partial charge in [0.05, 0.1) is 0 Å². The first-order valence-corrected chi connectivity index (χ1v) is 7.16. The summed E-state index contributed by atoms with van der Waals surface area (Å²) in [6.45, 7) is 4.33. The van der Waals surface area contributed by atoms with Gasteiger partial charge in [-0.25, -0.2) is 4.98 Å². The summed E-state index contributed by atoms with van der Waals surface area (Å²) in [5.74, 6) is 1.67. The predicted molar refractivity (Wildman–Crippen MR) is 80.3 cm³/mol. The van der Waals surface area contributed by atoms with Crippen molar-refractivity contribution in [3.63, 3.8) is 0 Å². The Hall–Kier alpha value is -1.94. The van der Waals surface area contributed by atoms with Gasteiger partial charge >= 0.3 is 0 Å². The summed E-state index contributed by atoms with van der Waals surface area (Å²) in [6.07, 6.45) is 6.86. The van der Waals surface area contributed by atoms with Crippen molar-refractivity contribution in [2.24, 2.45) is 5.92 Å². The van der Waals surface area contributed by atoms with Gasteiger partial charge in [-0.05, 0) is 42.6 Å². The van der Waals surface area contributed by atoms with E-state index in [0.717, 1.165) is 25.5 Å². The monoisotopic (exact) mass is 268 g/mol. The number of anilines is 1. The molecule has 1 aliphatic heterocycles. The highest BCUT2D eigenvalue weighted by Gasteiger charge is 2.22. The topological polar surface area (TPSA) is 41.0 Å². The Bertz CT molecular complexity index is 515. The van der Waals surface area contributed by atoms with Crippen LogP contribution in [0.3, 0.4) is 0 Å². The van der Waals surface area contributed by atoms with E-state index in [1.807, 2.05) is 42.9 Å². The number of aromatic nitrogens is 2. The average Bonchev–Trinajstić information content (AvgIpc) is 2.95. The Morgan fingerprint density at radius 3 is 3.00 bits per heavy atom. The zero-order chi connectivity index (χ0) is 13.6. The van der Waals surface area contributed by atoms with Crippen molar-refractivity contribution < 1.29 is 0 Å². The van der Waals surface area contributed by atoms with Gasteiger partial charge in [0.2, 0.25) is 0 Å². The molecule has 20 heavy (non-hydrogen) atoms. The molecule has 1 N–H and O–H groups in total. The molecule has 3 heterocycles. The molecule has 2 aromatic heterocycles. The second-order valence-electron chi connectivity index (χ2n) is 5.35. The quantitative estimate of drug-likeness (QED) is 0.904. The van der Waals surface area contributed by atoms with Crippen molar-refractivity contribution >= 4 is 5.82 Å². The Kier molecular flexibility index (Phi) is 4.23. The first-order valence-electron chi connectivity index (χ1n) is 7.16. The molecule has 1 aliphatic rings. The van der Waals surface area contributed by atoms with Crippen LogP contribution in [0, 0.1) is 5.92 Å². The van der Waals surface area contributed by atoms with Gasteiger partial charge in [0.15, 0.2) is 0 Å². The molecule has 1 atom stereocenters. The average molecular weight is 268 g/mol. The van der Waals surface area contributed by atoms with Crippen LogP contribution in [0.5, 0.6) is 0 Å². The fraction of sp³-hybridized carbons (Fsp3) is 0.375. The van der Waals surface area contributed by atoms with Gasteiger partial charge in [0.25, 0.3) is 0 Å². The van der Waals surface area contributed by atoms with Crippen molar-refractivity contribution in [3.05, 3.63) is 54.5 Å². The van der Waals surface area contributed by atoms with Crippen LogP contribution in [0.25, 0.3) is 0 Å². The van der Waals surface area contributed by atoms with E-state index in [1.54, 1.807) is 0 Å². The molecule has 2 aromatic rings. The van der Waals surface area contributed by atoms with E-state index in [9.17, 15) is 0 Å². The highest BCUT2D eigenvalue weighted by molar-refractivity contribution is 5.33. The SMILES string of the molecule is c1ccc(NCC2CCN(Cc3cccnc3)C2)nc1. The van der Waals surface area contributed by atoms with Crippen LogP contribution in [-0.2, 0) is 6.54 Å². The minimum Gasteiger partial charge on any atom is -0.370 e. The van der Waals surface area contributed by atoms with Gasteiger partial charge in [-0.1, -0.05) is 12.1 Å². The molecular formula is C16H20N4. The second kappa shape index (κ2) is 6.48. The number of rotatable bonds is 5. The summed E-state index contributed by atoms with van der Waals surface area (Å²) in [4.78, 5) is 11.0. The molecule has 1 unspecified atom stereocenters. The van der Waals surface area contributed by atoms with Crippen LogP contribution < -0.4 is 5.32 Å². The fourth-order valence-electron chi connectivity index (χ4n) is 2.69. The van der Waals surface area contributed by atoms with E-state index in [4.69, 9.17) is 0 Å². The van der Waals surface area contributed by atoms with E-state index in [2.05, 4.69) is 26.3 Å². The van der Waals surface area contributed by atoms with Gasteiger partial charge in [0, 0.05) is 38.2 Å². The van der Waals surface area contributed by atoms with Crippen molar-refractivity contribution in [3.8, 4) is 0 Å². The third-order valence-corrected chi connectivity index (χ3v) is 3.74. The third kappa shape index (κ3) is 3.54. The molecule has 0 amide bonds. The lowest BCUT2D eigenvalue weighted by Crippen LogP contribution is -2.22. The molecule has 0 aliphatic carbocycles. The largest absolute Gasteiger partial charge is 0.370 e. The highest BCUT2D eigenvalue weighted by atomic mass is 15.2.